The summed E-state index contributed by atoms with van der Waals surface area (Å²) in [4.78, 5) is 7.86. The summed E-state index contributed by atoms with van der Waals surface area (Å²) in [6.45, 7) is 0.843. The van der Waals surface area contributed by atoms with Gasteiger partial charge in [-0.1, -0.05) is 0 Å². The average molecular weight is 315 g/mol. The number of nitrogens with two attached hydrogens (primary N) is 1. The van der Waals surface area contributed by atoms with E-state index in [1.165, 1.54) is 24.0 Å². The van der Waals surface area contributed by atoms with Gasteiger partial charge in [0.2, 0.25) is 5.60 Å². The first kappa shape index (κ1) is 15.1. The van der Waals surface area contributed by atoms with Gasteiger partial charge in [-0.3, -0.25) is 0 Å². The zero-order valence-electron chi connectivity index (χ0n) is 12.1. The summed E-state index contributed by atoms with van der Waals surface area (Å²) in [7, 11) is 0. The molecular formula is C13H13N7O3. The predicted octanol–water partition coefficient (Wildman–Crippen LogP) is -1.29. The lowest BCUT2D eigenvalue weighted by molar-refractivity contribution is -0.0585. The molecule has 2 aromatic rings. The molecule has 0 aliphatic carbocycles. The van der Waals surface area contributed by atoms with Crippen LogP contribution in [0.25, 0.3) is 5.65 Å². The molecule has 2 aromatic heterocycles. The van der Waals surface area contributed by atoms with Crippen LogP contribution in [-0.4, -0.2) is 48.6 Å². The molecular weight excluding hydrogens is 302 g/mol. The molecule has 118 valence electrons. The minimum absolute atomic E-state index is 0.0928. The van der Waals surface area contributed by atoms with Crippen LogP contribution < -0.4 is 5.73 Å². The van der Waals surface area contributed by atoms with Crippen molar-refractivity contribution >= 4 is 11.5 Å². The molecule has 0 saturated carbocycles. The van der Waals surface area contributed by atoms with Gasteiger partial charge in [-0.15, -0.1) is 0 Å². The largest absolute Gasteiger partial charge is 0.394 e. The highest BCUT2D eigenvalue weighted by atomic mass is 16.5. The minimum atomic E-state index is -1.88. The number of aromatic nitrogens is 4. The second-order valence-electron chi connectivity index (χ2n) is 5.41. The number of anilines is 1. The van der Waals surface area contributed by atoms with Gasteiger partial charge < -0.3 is 20.7 Å². The summed E-state index contributed by atoms with van der Waals surface area (Å²) < 4.78 is 6.86. The van der Waals surface area contributed by atoms with Crippen LogP contribution in [0, 0.1) is 28.1 Å². The number of hydrogen-bond acceptors (Lipinski definition) is 9. The van der Waals surface area contributed by atoms with Crippen molar-refractivity contribution in [1.29, 1.82) is 10.5 Å². The Morgan fingerprint density at radius 1 is 1.43 bits per heavy atom. The summed E-state index contributed by atoms with van der Waals surface area (Å²) in [5.74, 6) is 0.0928. The molecule has 10 nitrogen and oxygen atoms in total. The molecule has 0 radical (unpaired) electrons. The van der Waals surface area contributed by atoms with Crippen molar-refractivity contribution in [2.24, 2.45) is 5.41 Å². The fourth-order valence-electron chi connectivity index (χ4n) is 2.88. The molecule has 4 atom stereocenters. The number of rotatable bonds is 2. The molecule has 1 aliphatic rings. The van der Waals surface area contributed by atoms with E-state index >= 15 is 0 Å². The lowest BCUT2D eigenvalue weighted by atomic mass is 9.71. The van der Waals surface area contributed by atoms with E-state index in [4.69, 9.17) is 10.5 Å². The van der Waals surface area contributed by atoms with Crippen LogP contribution in [0.15, 0.2) is 12.5 Å². The van der Waals surface area contributed by atoms with Crippen LogP contribution in [0.1, 0.15) is 12.6 Å². The second kappa shape index (κ2) is 4.86. The van der Waals surface area contributed by atoms with Crippen molar-refractivity contribution in [3.8, 4) is 12.1 Å². The number of nitrogens with zero attached hydrogens (tertiary/aromatic N) is 6. The molecule has 0 amide bonds. The Morgan fingerprint density at radius 3 is 2.78 bits per heavy atom. The zero-order chi connectivity index (χ0) is 16.8. The first-order chi connectivity index (χ1) is 10.9. The van der Waals surface area contributed by atoms with Crippen molar-refractivity contribution in [3.05, 3.63) is 18.2 Å². The van der Waals surface area contributed by atoms with Crippen molar-refractivity contribution in [2.75, 3.05) is 12.3 Å². The van der Waals surface area contributed by atoms with Gasteiger partial charge in [0.25, 0.3) is 0 Å². The van der Waals surface area contributed by atoms with Gasteiger partial charge >= 0.3 is 0 Å². The average Bonchev–Trinajstić information content (AvgIpc) is 3.09. The molecule has 1 fully saturated rings. The normalized spacial score (nSPS) is 33.4. The van der Waals surface area contributed by atoms with E-state index < -0.39 is 29.8 Å². The van der Waals surface area contributed by atoms with E-state index in [1.807, 2.05) is 12.1 Å². The fourth-order valence-corrected chi connectivity index (χ4v) is 2.88. The van der Waals surface area contributed by atoms with Gasteiger partial charge in [-0.05, 0) is 6.92 Å². The molecule has 3 rings (SSSR count). The van der Waals surface area contributed by atoms with Crippen molar-refractivity contribution in [2.45, 2.75) is 24.7 Å². The van der Waals surface area contributed by atoms with Crippen LogP contribution in [0.3, 0.4) is 0 Å². The lowest BCUT2D eigenvalue weighted by Gasteiger charge is -2.31. The number of aliphatic hydroxyl groups excluding tert-OH is 2. The third-order valence-corrected chi connectivity index (χ3v) is 4.26. The van der Waals surface area contributed by atoms with Gasteiger partial charge in [0.1, 0.15) is 35.7 Å². The Hall–Kier alpha value is -2.79. The predicted molar refractivity (Wildman–Crippen MR) is 74.2 cm³/mol. The molecule has 10 heteroatoms. The fraction of sp³-hybridized carbons (Fsp3) is 0.462. The molecule has 1 saturated heterocycles. The van der Waals surface area contributed by atoms with Gasteiger partial charge in [0, 0.05) is 0 Å². The molecule has 0 spiro atoms. The number of aliphatic hydroxyl groups is 2. The van der Waals surface area contributed by atoms with E-state index in [-0.39, 0.29) is 17.2 Å². The number of nitriles is 2. The third kappa shape index (κ3) is 1.68. The van der Waals surface area contributed by atoms with Crippen molar-refractivity contribution < 1.29 is 14.9 Å². The maximum atomic E-state index is 10.4. The highest BCUT2D eigenvalue weighted by Gasteiger charge is 2.66. The Balaban J connectivity index is 2.31. The zero-order valence-corrected chi connectivity index (χ0v) is 12.1. The van der Waals surface area contributed by atoms with E-state index in [2.05, 4.69) is 15.1 Å². The highest BCUT2D eigenvalue weighted by Crippen LogP contribution is 2.52. The van der Waals surface area contributed by atoms with Gasteiger partial charge in [0.05, 0.1) is 18.9 Å². The first-order valence-electron chi connectivity index (χ1n) is 6.69. The van der Waals surface area contributed by atoms with Gasteiger partial charge in [0.15, 0.2) is 11.5 Å². The Labute approximate surface area is 130 Å². The lowest BCUT2D eigenvalue weighted by Crippen LogP contribution is -2.45. The summed E-state index contributed by atoms with van der Waals surface area (Å²) in [6, 6.07) is 3.89. The summed E-state index contributed by atoms with van der Waals surface area (Å²) in [6.07, 6.45) is 0.00832. The Kier molecular flexibility index (Phi) is 3.19. The molecule has 0 bridgehead atoms. The maximum absolute atomic E-state index is 10.4. The second-order valence-corrected chi connectivity index (χ2v) is 5.41. The van der Waals surface area contributed by atoms with Crippen LogP contribution in [0.4, 0.5) is 5.82 Å². The quantitative estimate of drug-likeness (QED) is 0.610. The smallest absolute Gasteiger partial charge is 0.219 e. The van der Waals surface area contributed by atoms with E-state index in [1.54, 1.807) is 0 Å². The third-order valence-electron chi connectivity index (χ3n) is 4.26. The summed E-state index contributed by atoms with van der Waals surface area (Å²) in [5.41, 5.74) is 2.52. The van der Waals surface area contributed by atoms with Gasteiger partial charge in [-0.2, -0.15) is 15.6 Å². The summed E-state index contributed by atoms with van der Waals surface area (Å²) in [5, 5.41) is 43.1. The monoisotopic (exact) mass is 315 g/mol. The molecule has 23 heavy (non-hydrogen) atoms. The molecule has 3 heterocycles. The Bertz CT molecular complexity index is 853. The van der Waals surface area contributed by atoms with Crippen LogP contribution >= 0.6 is 0 Å². The van der Waals surface area contributed by atoms with Crippen molar-refractivity contribution in [1.82, 2.24) is 19.6 Å². The standard InChI is InChI=1S/C13H13N7O3/c1-12(4-14)9(22)7(3-21)23-13(12,5-15)8-2-17-11-10(16)18-6-19-20(8)11/h2,6-7,9,21-22H,3H2,1H3,(H2,16,18,19)/t7-,9-,12-,13+/m1/s1. The van der Waals surface area contributed by atoms with Gasteiger partial charge in [-0.25, -0.2) is 14.5 Å². The number of ether oxygens (including phenoxy) is 1. The summed E-state index contributed by atoms with van der Waals surface area (Å²) >= 11 is 0. The van der Waals surface area contributed by atoms with E-state index in [9.17, 15) is 20.7 Å². The van der Waals surface area contributed by atoms with Crippen LogP contribution in [-0.2, 0) is 10.3 Å². The number of hydrogen-bond donors (Lipinski definition) is 3. The van der Waals surface area contributed by atoms with E-state index in [0.29, 0.717) is 0 Å². The molecule has 0 unspecified atom stereocenters. The first-order valence-corrected chi connectivity index (χ1v) is 6.69. The van der Waals surface area contributed by atoms with Crippen LogP contribution in [0.2, 0.25) is 0 Å². The highest BCUT2D eigenvalue weighted by molar-refractivity contribution is 5.59. The molecule has 1 aliphatic heterocycles. The van der Waals surface area contributed by atoms with E-state index in [0.717, 1.165) is 0 Å². The molecule has 4 N–H and O–H groups in total. The van der Waals surface area contributed by atoms with Crippen LogP contribution in [0.5, 0.6) is 0 Å². The maximum Gasteiger partial charge on any atom is 0.219 e. The number of fused-ring (bicyclic) bond motifs is 1. The topological polar surface area (TPSA) is 166 Å². The molecule has 0 aromatic carbocycles. The minimum Gasteiger partial charge on any atom is -0.394 e. The number of imidazole rings is 1. The Morgan fingerprint density at radius 2 is 2.17 bits per heavy atom. The SMILES string of the molecule is C[C@@]1(C#N)[C@H](O)[C@@H](CO)O[C@@]1(C#N)c1cnc2c(N)ncnn12. The van der Waals surface area contributed by atoms with Crippen molar-refractivity contribution in [3.63, 3.8) is 0 Å². The number of nitrogen functional groups attached to an aromatic ring is 1.